The van der Waals surface area contributed by atoms with Crippen LogP contribution in [-0.2, 0) is 40.0 Å². The fraction of sp³-hybridized carbons (Fsp3) is 0.621. The van der Waals surface area contributed by atoms with Crippen molar-refractivity contribution in [1.82, 2.24) is 15.5 Å². The van der Waals surface area contributed by atoms with Crippen LogP contribution in [-0.4, -0.2) is 65.4 Å². The lowest BCUT2D eigenvalue weighted by Gasteiger charge is -2.42. The van der Waals surface area contributed by atoms with Gasteiger partial charge in [-0.15, -0.1) is 0 Å². The van der Waals surface area contributed by atoms with E-state index in [1.54, 1.807) is 0 Å². The van der Waals surface area contributed by atoms with Crippen LogP contribution in [0.4, 0.5) is 0 Å². The van der Waals surface area contributed by atoms with Crippen molar-refractivity contribution in [3.63, 3.8) is 0 Å². The first-order valence-electron chi connectivity index (χ1n) is 14.0. The molecule has 3 amide bonds. The summed E-state index contributed by atoms with van der Waals surface area (Å²) >= 11 is 0. The molecule has 1 aromatic carbocycles. The number of carbonyl (C=O) groups excluding carboxylic acids is 5. The quantitative estimate of drug-likeness (QED) is 0.528. The SMILES string of the molecule is CC(=O)OC1C(=O)NCCCCCCCCN(C2(C(=O)NCc3ccccc3)CCCC2)C(=O)[C@@H]1OC(C)=O. The predicted molar refractivity (Wildman–Crippen MR) is 143 cm³/mol. The number of amides is 3. The normalized spacial score (nSPS) is 22.8. The Balaban J connectivity index is 1.99. The van der Waals surface area contributed by atoms with E-state index in [0.29, 0.717) is 32.4 Å². The third-order valence-corrected chi connectivity index (χ3v) is 7.40. The van der Waals surface area contributed by atoms with Gasteiger partial charge in [0.1, 0.15) is 5.54 Å². The van der Waals surface area contributed by atoms with Crippen molar-refractivity contribution in [2.45, 2.75) is 102 Å². The number of ether oxygens (including phenoxy) is 2. The largest absolute Gasteiger partial charge is 0.448 e. The molecule has 1 saturated heterocycles. The molecule has 1 aromatic rings. The molecule has 1 heterocycles. The number of nitrogens with zero attached hydrogens (tertiary/aromatic N) is 1. The Labute approximate surface area is 230 Å². The highest BCUT2D eigenvalue weighted by molar-refractivity contribution is 5.97. The number of esters is 2. The standard InChI is InChI=1S/C29H41N3O7/c1-21(33)38-24-25(39-22(2)34)27(36)32(19-13-6-4-3-5-12-18-30-26(24)35)29(16-10-11-17-29)28(37)31-20-23-14-8-7-9-15-23/h7-9,14-15,24-25H,3-6,10-13,16-20H2,1-2H3,(H,30,35)(H,31,37)/t24?,25-/m1/s1. The minimum Gasteiger partial charge on any atom is -0.448 e. The van der Waals surface area contributed by atoms with E-state index in [4.69, 9.17) is 9.47 Å². The smallest absolute Gasteiger partial charge is 0.303 e. The van der Waals surface area contributed by atoms with Crippen LogP contribution in [0.3, 0.4) is 0 Å². The van der Waals surface area contributed by atoms with E-state index in [-0.39, 0.29) is 12.5 Å². The van der Waals surface area contributed by atoms with E-state index in [9.17, 15) is 24.0 Å². The molecule has 2 fully saturated rings. The minimum atomic E-state index is -1.71. The van der Waals surface area contributed by atoms with Crippen molar-refractivity contribution in [1.29, 1.82) is 0 Å². The summed E-state index contributed by atoms with van der Waals surface area (Å²) in [4.78, 5) is 66.8. The summed E-state index contributed by atoms with van der Waals surface area (Å²) < 4.78 is 10.7. The minimum absolute atomic E-state index is 0.254. The summed E-state index contributed by atoms with van der Waals surface area (Å²) in [5.74, 6) is -3.29. The molecule has 1 aliphatic heterocycles. The van der Waals surface area contributed by atoms with E-state index in [1.807, 2.05) is 30.3 Å². The number of carbonyl (C=O) groups is 5. The molecule has 2 atom stereocenters. The molecule has 39 heavy (non-hydrogen) atoms. The lowest BCUT2D eigenvalue weighted by Crippen LogP contribution is -2.64. The van der Waals surface area contributed by atoms with Crippen molar-refractivity contribution in [3.05, 3.63) is 35.9 Å². The highest BCUT2D eigenvalue weighted by Gasteiger charge is 2.52. The molecule has 0 spiro atoms. The van der Waals surface area contributed by atoms with Crippen LogP contribution in [0.1, 0.15) is 83.6 Å². The monoisotopic (exact) mass is 543 g/mol. The van der Waals surface area contributed by atoms with E-state index in [2.05, 4.69) is 10.6 Å². The van der Waals surface area contributed by atoms with Crippen molar-refractivity contribution in [2.75, 3.05) is 13.1 Å². The molecule has 1 saturated carbocycles. The first-order valence-corrected chi connectivity index (χ1v) is 14.0. The van der Waals surface area contributed by atoms with Crippen LogP contribution in [0.5, 0.6) is 0 Å². The molecule has 3 rings (SSSR count). The summed E-state index contributed by atoms with van der Waals surface area (Å²) in [6, 6.07) is 9.50. The predicted octanol–water partition coefficient (Wildman–Crippen LogP) is 2.78. The van der Waals surface area contributed by atoms with Gasteiger partial charge in [0.2, 0.25) is 18.1 Å². The van der Waals surface area contributed by atoms with Gasteiger partial charge in [-0.25, -0.2) is 0 Å². The van der Waals surface area contributed by atoms with E-state index < -0.39 is 41.5 Å². The molecule has 0 aromatic heterocycles. The van der Waals surface area contributed by atoms with E-state index in [0.717, 1.165) is 64.4 Å². The zero-order valence-corrected chi connectivity index (χ0v) is 23.0. The number of benzene rings is 1. The maximum absolute atomic E-state index is 14.3. The molecule has 0 bridgehead atoms. The third-order valence-electron chi connectivity index (χ3n) is 7.40. The first-order chi connectivity index (χ1) is 18.7. The zero-order valence-electron chi connectivity index (χ0n) is 23.0. The second kappa shape index (κ2) is 14.6. The van der Waals surface area contributed by atoms with Crippen LogP contribution in [0, 0.1) is 0 Å². The van der Waals surface area contributed by atoms with E-state index >= 15 is 0 Å². The zero-order chi connectivity index (χ0) is 28.3. The second-order valence-electron chi connectivity index (χ2n) is 10.4. The summed E-state index contributed by atoms with van der Waals surface area (Å²) in [5, 5.41) is 5.72. The maximum atomic E-state index is 14.3. The lowest BCUT2D eigenvalue weighted by atomic mass is 9.91. The average molecular weight is 544 g/mol. The van der Waals surface area contributed by atoms with Gasteiger partial charge in [-0.05, 0) is 31.2 Å². The molecular formula is C29H41N3O7. The van der Waals surface area contributed by atoms with Gasteiger partial charge in [0.15, 0.2) is 0 Å². The fourth-order valence-corrected chi connectivity index (χ4v) is 5.48. The van der Waals surface area contributed by atoms with Gasteiger partial charge in [0.05, 0.1) is 0 Å². The molecule has 0 radical (unpaired) electrons. The summed E-state index contributed by atoms with van der Waals surface area (Å²) in [6.07, 6.45) is 4.10. The number of rotatable bonds is 6. The first kappa shape index (κ1) is 30.1. The molecule has 1 unspecified atom stereocenters. The van der Waals surface area contributed by atoms with Gasteiger partial charge in [0, 0.05) is 33.5 Å². The Morgan fingerprint density at radius 2 is 1.46 bits per heavy atom. The topological polar surface area (TPSA) is 131 Å². The molecule has 1 aliphatic carbocycles. The van der Waals surface area contributed by atoms with E-state index in [1.165, 1.54) is 4.90 Å². The van der Waals surface area contributed by atoms with Gasteiger partial charge in [-0.2, -0.15) is 0 Å². The summed E-state index contributed by atoms with van der Waals surface area (Å²) in [5.41, 5.74) is -0.241. The summed E-state index contributed by atoms with van der Waals surface area (Å²) in [7, 11) is 0. The highest BCUT2D eigenvalue weighted by Crippen LogP contribution is 2.37. The Hall–Kier alpha value is -3.43. The number of nitrogens with one attached hydrogen (secondary N) is 2. The van der Waals surface area contributed by atoms with Gasteiger partial charge in [-0.3, -0.25) is 24.0 Å². The lowest BCUT2D eigenvalue weighted by molar-refractivity contribution is -0.181. The molecule has 2 aliphatic rings. The molecule has 10 nitrogen and oxygen atoms in total. The molecule has 214 valence electrons. The Bertz CT molecular complexity index is 1010. The Morgan fingerprint density at radius 3 is 2.10 bits per heavy atom. The number of hydrogen-bond donors (Lipinski definition) is 2. The third kappa shape index (κ3) is 8.28. The Kier molecular flexibility index (Phi) is 11.3. The van der Waals surface area contributed by atoms with Crippen LogP contribution in [0.25, 0.3) is 0 Å². The van der Waals surface area contributed by atoms with Crippen molar-refractivity contribution < 1.29 is 33.4 Å². The highest BCUT2D eigenvalue weighted by atomic mass is 16.6. The molecule has 10 heteroatoms. The van der Waals surface area contributed by atoms with Crippen LogP contribution in [0.2, 0.25) is 0 Å². The fourth-order valence-electron chi connectivity index (χ4n) is 5.48. The van der Waals surface area contributed by atoms with Crippen LogP contribution < -0.4 is 10.6 Å². The van der Waals surface area contributed by atoms with Gasteiger partial charge in [-0.1, -0.05) is 68.9 Å². The van der Waals surface area contributed by atoms with Crippen LogP contribution >= 0.6 is 0 Å². The average Bonchev–Trinajstić information content (AvgIpc) is 3.40. The van der Waals surface area contributed by atoms with Crippen LogP contribution in [0.15, 0.2) is 30.3 Å². The van der Waals surface area contributed by atoms with Crippen molar-refractivity contribution in [3.8, 4) is 0 Å². The molecule has 2 N–H and O–H groups in total. The van der Waals surface area contributed by atoms with Gasteiger partial charge in [0.25, 0.3) is 11.8 Å². The van der Waals surface area contributed by atoms with Crippen molar-refractivity contribution in [2.24, 2.45) is 0 Å². The van der Waals surface area contributed by atoms with Gasteiger partial charge >= 0.3 is 11.9 Å². The van der Waals surface area contributed by atoms with Gasteiger partial charge < -0.3 is 25.0 Å². The maximum Gasteiger partial charge on any atom is 0.303 e. The van der Waals surface area contributed by atoms with Crippen molar-refractivity contribution >= 4 is 29.7 Å². The second-order valence-corrected chi connectivity index (χ2v) is 10.4. The number of hydrogen-bond acceptors (Lipinski definition) is 7. The molecular weight excluding hydrogens is 502 g/mol. The Morgan fingerprint density at radius 1 is 0.872 bits per heavy atom. The summed E-state index contributed by atoms with van der Waals surface area (Å²) in [6.45, 7) is 3.15.